The first-order chi connectivity index (χ1) is 19.6. The molecular formula is C33H37N7. The number of hydrogen-bond donors (Lipinski definition) is 2. The van der Waals surface area contributed by atoms with Gasteiger partial charge < -0.3 is 5.73 Å². The van der Waals surface area contributed by atoms with Gasteiger partial charge in [0, 0.05) is 54.5 Å². The minimum absolute atomic E-state index is 0.414. The highest BCUT2D eigenvalue weighted by molar-refractivity contribution is 5.92. The highest BCUT2D eigenvalue weighted by atomic mass is 15.5. The van der Waals surface area contributed by atoms with Gasteiger partial charge in [0.1, 0.15) is 22.9 Å². The Morgan fingerprint density at radius 2 is 1.73 bits per heavy atom. The number of pyridine rings is 1. The number of nitrogen functional groups attached to an aromatic ring is 1. The van der Waals surface area contributed by atoms with E-state index in [-0.39, 0.29) is 0 Å². The van der Waals surface area contributed by atoms with E-state index in [4.69, 9.17) is 15.7 Å². The van der Waals surface area contributed by atoms with Crippen molar-refractivity contribution in [1.82, 2.24) is 29.8 Å². The molecule has 1 saturated carbocycles. The monoisotopic (exact) mass is 531 g/mol. The number of nitrogens with two attached hydrogens (primary N) is 1. The largest absolute Gasteiger partial charge is 0.382 e. The molecule has 7 heteroatoms. The van der Waals surface area contributed by atoms with Crippen LogP contribution in [-0.2, 0) is 0 Å². The first-order valence-corrected chi connectivity index (χ1v) is 14.7. The summed E-state index contributed by atoms with van der Waals surface area (Å²) in [5.74, 6) is 2.76. The molecule has 4 heterocycles. The second-order valence-electron chi connectivity index (χ2n) is 11.5. The van der Waals surface area contributed by atoms with Crippen molar-refractivity contribution in [2.24, 2.45) is 5.92 Å². The molecule has 1 aliphatic heterocycles. The Morgan fingerprint density at radius 3 is 2.52 bits per heavy atom. The zero-order valence-electron chi connectivity index (χ0n) is 23.2. The molecule has 2 aromatic carbocycles. The minimum atomic E-state index is 0.414. The number of nitrogens with one attached hydrogen (secondary N) is 1. The third-order valence-electron chi connectivity index (χ3n) is 8.89. The van der Waals surface area contributed by atoms with Crippen LogP contribution in [0.4, 0.5) is 5.82 Å². The molecule has 204 valence electrons. The van der Waals surface area contributed by atoms with Gasteiger partial charge in [-0.25, -0.2) is 20.0 Å². The SMILES string of the molecule is Cc1cc(-c2ccccc2)nc2cc(-c3nc(C4CCC(CNN5CCCC5)CC4)n4ccnc(N)c34)ccc12. The van der Waals surface area contributed by atoms with Gasteiger partial charge in [-0.15, -0.1) is 0 Å². The highest BCUT2D eigenvalue weighted by Crippen LogP contribution is 2.39. The van der Waals surface area contributed by atoms with E-state index in [9.17, 15) is 0 Å². The summed E-state index contributed by atoms with van der Waals surface area (Å²) in [7, 11) is 0. The number of imidazole rings is 1. The Kier molecular flexibility index (Phi) is 6.69. The second-order valence-corrected chi connectivity index (χ2v) is 11.5. The predicted molar refractivity (Wildman–Crippen MR) is 162 cm³/mol. The Hall–Kier alpha value is -3.81. The van der Waals surface area contributed by atoms with Crippen molar-refractivity contribution in [3.63, 3.8) is 0 Å². The van der Waals surface area contributed by atoms with Crippen LogP contribution in [0.15, 0.2) is 67.0 Å². The van der Waals surface area contributed by atoms with Crippen molar-refractivity contribution in [3.8, 4) is 22.5 Å². The maximum atomic E-state index is 6.49. The number of aromatic nitrogens is 4. The second kappa shape index (κ2) is 10.6. The first-order valence-electron chi connectivity index (χ1n) is 14.7. The zero-order valence-corrected chi connectivity index (χ0v) is 23.2. The third-order valence-corrected chi connectivity index (χ3v) is 8.89. The molecule has 0 spiro atoms. The van der Waals surface area contributed by atoms with Crippen LogP contribution < -0.4 is 11.2 Å². The topological polar surface area (TPSA) is 84.4 Å². The molecule has 3 N–H and O–H groups in total. The van der Waals surface area contributed by atoms with Crippen LogP contribution in [0, 0.1) is 12.8 Å². The quantitative estimate of drug-likeness (QED) is 0.265. The third kappa shape index (κ3) is 4.73. The molecule has 40 heavy (non-hydrogen) atoms. The van der Waals surface area contributed by atoms with Gasteiger partial charge in [0.15, 0.2) is 0 Å². The van der Waals surface area contributed by atoms with Gasteiger partial charge in [0.05, 0.1) is 11.2 Å². The van der Waals surface area contributed by atoms with Crippen LogP contribution in [0.5, 0.6) is 0 Å². The Labute approximate surface area is 235 Å². The van der Waals surface area contributed by atoms with E-state index < -0.39 is 0 Å². The van der Waals surface area contributed by atoms with E-state index in [1.807, 2.05) is 12.3 Å². The van der Waals surface area contributed by atoms with Crippen molar-refractivity contribution < 1.29 is 0 Å². The standard InChI is InChI=1S/C33H37N7/c1-22-19-28(24-7-3-2-4-8-24)37-29-20-26(13-14-27(22)29)30-31-32(34)35-15-18-40(31)33(38-30)25-11-9-23(10-12-25)21-36-39-16-5-6-17-39/h2-4,7-8,13-15,18-20,23,25,36H,5-6,9-12,16-17,21H2,1H3,(H2,34,35). The van der Waals surface area contributed by atoms with Crippen molar-refractivity contribution >= 4 is 22.2 Å². The Morgan fingerprint density at radius 1 is 0.925 bits per heavy atom. The minimum Gasteiger partial charge on any atom is -0.382 e. The fourth-order valence-corrected chi connectivity index (χ4v) is 6.64. The number of nitrogens with zero attached hydrogens (tertiary/aromatic N) is 5. The summed E-state index contributed by atoms with van der Waals surface area (Å²) in [5, 5.41) is 3.55. The van der Waals surface area contributed by atoms with E-state index in [0.717, 1.165) is 70.1 Å². The van der Waals surface area contributed by atoms with Crippen LogP contribution in [-0.4, -0.2) is 44.0 Å². The first kappa shape index (κ1) is 25.2. The normalized spacial score (nSPS) is 20.0. The van der Waals surface area contributed by atoms with E-state index in [2.05, 4.69) is 75.3 Å². The fourth-order valence-electron chi connectivity index (χ4n) is 6.64. The molecule has 0 unspecified atom stereocenters. The molecule has 1 aliphatic carbocycles. The van der Waals surface area contributed by atoms with Crippen molar-refractivity contribution in [2.75, 3.05) is 25.4 Å². The lowest BCUT2D eigenvalue weighted by Crippen LogP contribution is -2.39. The van der Waals surface area contributed by atoms with Crippen LogP contribution in [0.25, 0.3) is 38.9 Å². The van der Waals surface area contributed by atoms with Gasteiger partial charge in [-0.2, -0.15) is 0 Å². The lowest BCUT2D eigenvalue weighted by atomic mass is 9.81. The number of hydrazine groups is 1. The average Bonchev–Trinajstić information content (AvgIpc) is 3.66. The number of hydrogen-bond acceptors (Lipinski definition) is 6. The molecule has 3 aromatic heterocycles. The molecule has 2 aliphatic rings. The summed E-state index contributed by atoms with van der Waals surface area (Å²) >= 11 is 0. The predicted octanol–water partition coefficient (Wildman–Crippen LogP) is 6.38. The Bertz CT molecular complexity index is 1640. The molecule has 0 bridgehead atoms. The van der Waals surface area contributed by atoms with Crippen molar-refractivity contribution in [1.29, 1.82) is 0 Å². The molecule has 5 aromatic rings. The summed E-state index contributed by atoms with van der Waals surface area (Å²) in [5.41, 5.74) is 17.3. The molecule has 1 saturated heterocycles. The van der Waals surface area contributed by atoms with Gasteiger partial charge in [0.25, 0.3) is 0 Å². The number of fused-ring (bicyclic) bond motifs is 2. The summed E-state index contributed by atoms with van der Waals surface area (Å²) in [6.45, 7) is 5.61. The molecule has 0 atom stereocenters. The van der Waals surface area contributed by atoms with Gasteiger partial charge >= 0.3 is 0 Å². The van der Waals surface area contributed by atoms with Crippen LogP contribution in [0.2, 0.25) is 0 Å². The molecule has 7 rings (SSSR count). The smallest absolute Gasteiger partial charge is 0.150 e. The fraction of sp³-hybridized carbons (Fsp3) is 0.364. The van der Waals surface area contributed by atoms with Crippen LogP contribution in [0.1, 0.15) is 55.8 Å². The molecule has 7 nitrogen and oxygen atoms in total. The highest BCUT2D eigenvalue weighted by Gasteiger charge is 2.28. The molecule has 0 radical (unpaired) electrons. The summed E-state index contributed by atoms with van der Waals surface area (Å²) in [6.07, 6.45) is 11.2. The average molecular weight is 532 g/mol. The van der Waals surface area contributed by atoms with Gasteiger partial charge in [-0.1, -0.05) is 42.5 Å². The van der Waals surface area contributed by atoms with E-state index in [1.165, 1.54) is 44.3 Å². The number of aryl methyl sites for hydroxylation is 1. The maximum absolute atomic E-state index is 6.49. The lowest BCUT2D eigenvalue weighted by Gasteiger charge is -2.29. The Balaban J connectivity index is 1.21. The van der Waals surface area contributed by atoms with Gasteiger partial charge in [0.2, 0.25) is 0 Å². The zero-order chi connectivity index (χ0) is 27.1. The molecular weight excluding hydrogens is 494 g/mol. The summed E-state index contributed by atoms with van der Waals surface area (Å²) in [6, 6.07) is 19.0. The maximum Gasteiger partial charge on any atom is 0.150 e. The number of rotatable bonds is 6. The lowest BCUT2D eigenvalue weighted by molar-refractivity contribution is 0.194. The number of anilines is 1. The van der Waals surface area contributed by atoms with Gasteiger partial charge in [-0.05, 0) is 69.1 Å². The summed E-state index contributed by atoms with van der Waals surface area (Å²) < 4.78 is 2.19. The van der Waals surface area contributed by atoms with Gasteiger partial charge in [-0.3, -0.25) is 9.83 Å². The van der Waals surface area contributed by atoms with Crippen molar-refractivity contribution in [3.05, 3.63) is 78.4 Å². The molecule has 0 amide bonds. The van der Waals surface area contributed by atoms with Crippen LogP contribution in [0.3, 0.4) is 0 Å². The molecule has 2 fully saturated rings. The van der Waals surface area contributed by atoms with E-state index in [1.54, 1.807) is 6.20 Å². The summed E-state index contributed by atoms with van der Waals surface area (Å²) in [4.78, 5) is 14.8. The van der Waals surface area contributed by atoms with E-state index in [0.29, 0.717) is 11.7 Å². The van der Waals surface area contributed by atoms with E-state index >= 15 is 0 Å². The van der Waals surface area contributed by atoms with Crippen molar-refractivity contribution in [2.45, 2.75) is 51.4 Å². The number of benzene rings is 2. The van der Waals surface area contributed by atoms with Crippen LogP contribution >= 0.6 is 0 Å².